The highest BCUT2D eigenvalue weighted by Gasteiger charge is 2.23. The van der Waals surface area contributed by atoms with Crippen LogP contribution < -0.4 is 5.19 Å². The molecule has 136 valence electrons. The van der Waals surface area contributed by atoms with Gasteiger partial charge in [0.15, 0.2) is 0 Å². The minimum atomic E-state index is -0.839. The van der Waals surface area contributed by atoms with E-state index in [0.29, 0.717) is 0 Å². The summed E-state index contributed by atoms with van der Waals surface area (Å²) in [5.74, 6) is 0. The second-order valence-corrected chi connectivity index (χ2v) is 23.0. The van der Waals surface area contributed by atoms with E-state index in [1.165, 1.54) is 49.1 Å². The van der Waals surface area contributed by atoms with Crippen LogP contribution in [0.1, 0.15) is 0 Å². The van der Waals surface area contributed by atoms with Crippen molar-refractivity contribution in [3.63, 3.8) is 0 Å². The van der Waals surface area contributed by atoms with Crippen molar-refractivity contribution in [3.05, 3.63) is 78.9 Å². The van der Waals surface area contributed by atoms with E-state index >= 15 is 0 Å². The summed E-state index contributed by atoms with van der Waals surface area (Å²) in [6.45, 7) is 1.03. The predicted octanol–water partition coefficient (Wildman–Crippen LogP) is 3.43. The second kappa shape index (κ2) is 6.67. The molecule has 0 aliphatic carbocycles. The maximum Gasteiger partial charge on any atom is 0.141 e. The van der Waals surface area contributed by atoms with Gasteiger partial charge in [0.05, 0.1) is 8.31 Å². The van der Waals surface area contributed by atoms with Gasteiger partial charge in [0.2, 0.25) is 0 Å². The Morgan fingerprint density at radius 1 is 0.643 bits per heavy atom. The molecule has 1 unspecified atom stereocenters. The number of hydrogen-bond acceptors (Lipinski definition) is 1. The van der Waals surface area contributed by atoms with Crippen molar-refractivity contribution in [2.24, 2.45) is 0 Å². The first-order valence-electron chi connectivity index (χ1n) is 10.2. The van der Waals surface area contributed by atoms with Gasteiger partial charge in [0, 0.05) is 15.2 Å². The highest BCUT2D eigenvalue weighted by molar-refractivity contribution is 7.39. The Bertz CT molecular complexity index is 1360. The molecule has 1 aliphatic rings. The van der Waals surface area contributed by atoms with Crippen LogP contribution in [0.5, 0.6) is 0 Å². The van der Waals surface area contributed by atoms with Gasteiger partial charge in [-0.15, -0.1) is 0 Å². The molecule has 0 spiro atoms. The van der Waals surface area contributed by atoms with Crippen LogP contribution >= 0.6 is 0 Å². The van der Waals surface area contributed by atoms with Gasteiger partial charge in [-0.3, -0.25) is 0 Å². The predicted molar refractivity (Wildman–Crippen MR) is 131 cm³/mol. The summed E-state index contributed by atoms with van der Waals surface area (Å²) < 4.78 is 5.90. The first-order valence-corrected chi connectivity index (χ1v) is 19.5. The maximum atomic E-state index is 5.90. The lowest BCUT2D eigenvalue weighted by molar-refractivity contribution is 0.367. The molecule has 1 heterocycles. The minimum Gasteiger partial charge on any atom is -0.428 e. The third-order valence-corrected chi connectivity index (χ3v) is 24.8. The van der Waals surface area contributed by atoms with E-state index in [9.17, 15) is 0 Å². The van der Waals surface area contributed by atoms with Gasteiger partial charge in [0.25, 0.3) is 0 Å². The highest BCUT2D eigenvalue weighted by atomic mass is 29.5. The summed E-state index contributed by atoms with van der Waals surface area (Å²) in [5, 5.41) is 13.1. The number of hydrogen-bond donors (Lipinski definition) is 0. The molecule has 6 rings (SSSR count). The first kappa shape index (κ1) is 16.7. The standard InChI is InChI=1S/C24H22OSi3/c1-2-6-17-14-22-19(13-16(17)5-1)9-10-21-23(22)15-18-7-3-4-8-20(18)24(21)28-12-11-25-26-27-28/h1-10,13-15,28H,11-12,26-27H2. The van der Waals surface area contributed by atoms with Crippen molar-refractivity contribution < 1.29 is 4.43 Å². The molecular formula is C24H22OSi3. The number of rotatable bonds is 1. The van der Waals surface area contributed by atoms with E-state index in [1.54, 1.807) is 5.19 Å². The smallest absolute Gasteiger partial charge is 0.141 e. The largest absolute Gasteiger partial charge is 0.428 e. The van der Waals surface area contributed by atoms with Gasteiger partial charge in [0.1, 0.15) is 9.28 Å². The lowest BCUT2D eigenvalue weighted by Gasteiger charge is -2.24. The molecule has 5 aromatic rings. The van der Waals surface area contributed by atoms with E-state index in [-0.39, 0.29) is 17.8 Å². The molecule has 0 radical (unpaired) electrons. The third-order valence-electron chi connectivity index (χ3n) is 6.40. The summed E-state index contributed by atoms with van der Waals surface area (Å²) in [4.78, 5) is 0. The summed E-state index contributed by atoms with van der Waals surface area (Å²) in [5.41, 5.74) is 0. The van der Waals surface area contributed by atoms with E-state index in [0.717, 1.165) is 6.61 Å². The number of benzene rings is 5. The summed E-state index contributed by atoms with van der Waals surface area (Å²) in [6, 6.07) is 31.1. The molecule has 28 heavy (non-hydrogen) atoms. The van der Waals surface area contributed by atoms with Crippen molar-refractivity contribution in [1.82, 2.24) is 0 Å². The van der Waals surface area contributed by atoms with Gasteiger partial charge in [-0.25, -0.2) is 0 Å². The number of fused-ring (bicyclic) bond motifs is 5. The lowest BCUT2D eigenvalue weighted by atomic mass is 9.96. The third kappa shape index (κ3) is 2.60. The molecule has 1 fully saturated rings. The zero-order valence-electron chi connectivity index (χ0n) is 15.8. The summed E-state index contributed by atoms with van der Waals surface area (Å²) >= 11 is 0. The van der Waals surface area contributed by atoms with E-state index in [1.807, 2.05) is 0 Å². The van der Waals surface area contributed by atoms with Gasteiger partial charge < -0.3 is 4.43 Å². The molecule has 0 aromatic heterocycles. The van der Waals surface area contributed by atoms with Crippen LogP contribution in [-0.4, -0.2) is 32.8 Å². The fraction of sp³-hybridized carbons (Fsp3) is 0.0833. The molecular weight excluding hydrogens is 389 g/mol. The Kier molecular flexibility index (Phi) is 3.97. The minimum absolute atomic E-state index is 0.0182. The lowest BCUT2D eigenvalue weighted by Crippen LogP contribution is -2.45. The summed E-state index contributed by atoms with van der Waals surface area (Å²) in [7, 11) is -1.00. The zero-order chi connectivity index (χ0) is 18.5. The SMILES string of the molecule is c1ccc2cc3c(ccc4c([SiH]5CCO[SiH2][SiH2]5)c5ccccc5cc43)cc2c1. The van der Waals surface area contributed by atoms with Crippen molar-refractivity contribution in [2.75, 3.05) is 6.61 Å². The van der Waals surface area contributed by atoms with Crippen molar-refractivity contribution >= 4 is 74.4 Å². The molecule has 1 aliphatic heterocycles. The topological polar surface area (TPSA) is 9.23 Å². The fourth-order valence-electron chi connectivity index (χ4n) is 5.02. The first-order chi connectivity index (χ1) is 13.9. The molecule has 5 aromatic carbocycles. The van der Waals surface area contributed by atoms with E-state index < -0.39 is 8.31 Å². The van der Waals surface area contributed by atoms with Crippen LogP contribution in [-0.2, 0) is 4.43 Å². The molecule has 1 saturated heterocycles. The molecule has 0 N–H and O–H groups in total. The van der Waals surface area contributed by atoms with Crippen LogP contribution in [0.2, 0.25) is 6.04 Å². The van der Waals surface area contributed by atoms with Crippen LogP contribution in [0.15, 0.2) is 78.9 Å². The Hall–Kier alpha value is -2.25. The van der Waals surface area contributed by atoms with Crippen molar-refractivity contribution in [1.29, 1.82) is 0 Å². The Balaban J connectivity index is 1.76. The molecule has 4 heteroatoms. The molecule has 0 bridgehead atoms. The Morgan fingerprint density at radius 2 is 1.36 bits per heavy atom. The normalized spacial score (nSPS) is 19.4. The molecule has 0 amide bonds. The van der Waals surface area contributed by atoms with Gasteiger partial charge in [-0.05, 0) is 67.3 Å². The average molecular weight is 411 g/mol. The van der Waals surface area contributed by atoms with E-state index in [4.69, 9.17) is 4.43 Å². The van der Waals surface area contributed by atoms with Crippen LogP contribution in [0, 0.1) is 0 Å². The average Bonchev–Trinajstić information content (AvgIpc) is 2.76. The Morgan fingerprint density at radius 3 is 2.18 bits per heavy atom. The van der Waals surface area contributed by atoms with Gasteiger partial charge in [-0.2, -0.15) is 0 Å². The van der Waals surface area contributed by atoms with Crippen LogP contribution in [0.4, 0.5) is 0 Å². The molecule has 1 atom stereocenters. The molecule has 1 nitrogen and oxygen atoms in total. The van der Waals surface area contributed by atoms with E-state index in [2.05, 4.69) is 78.9 Å². The van der Waals surface area contributed by atoms with Crippen molar-refractivity contribution in [3.8, 4) is 0 Å². The monoisotopic (exact) mass is 410 g/mol. The van der Waals surface area contributed by atoms with Crippen LogP contribution in [0.3, 0.4) is 0 Å². The molecule has 0 saturated carbocycles. The Labute approximate surface area is 170 Å². The van der Waals surface area contributed by atoms with Crippen molar-refractivity contribution in [2.45, 2.75) is 6.04 Å². The maximum absolute atomic E-state index is 5.90. The summed E-state index contributed by atoms with van der Waals surface area (Å²) in [6.07, 6.45) is 0. The second-order valence-electron chi connectivity index (χ2n) is 7.98. The highest BCUT2D eigenvalue weighted by Crippen LogP contribution is 2.32. The quantitative estimate of drug-likeness (QED) is 0.234. The van der Waals surface area contributed by atoms with Crippen LogP contribution in [0.25, 0.3) is 43.1 Å². The zero-order valence-corrected chi connectivity index (χ0v) is 19.8. The van der Waals surface area contributed by atoms with Gasteiger partial charge >= 0.3 is 0 Å². The van der Waals surface area contributed by atoms with Gasteiger partial charge in [-0.1, -0.05) is 65.9 Å². The fourth-order valence-corrected chi connectivity index (χ4v) is 23.7.